The smallest absolute Gasteiger partial charge is 0.265 e. The maximum Gasteiger partial charge on any atom is 0.265 e. The molecule has 7 nitrogen and oxygen atoms in total. The van der Waals surface area contributed by atoms with Crippen molar-refractivity contribution in [1.82, 2.24) is 9.55 Å². The van der Waals surface area contributed by atoms with E-state index in [2.05, 4.69) is 10.3 Å². The molecule has 1 aromatic heterocycles. The van der Waals surface area contributed by atoms with Crippen LogP contribution in [0.15, 0.2) is 66.1 Å². The Bertz CT molecular complexity index is 1150. The normalized spacial score (nSPS) is 9.58. The lowest BCUT2D eigenvalue weighted by Gasteiger charge is -2.11. The number of anilines is 1. The molecule has 3 aromatic rings. The Kier molecular flexibility index (Phi) is 4.43. The number of hydrogen-bond acceptors (Lipinski definition) is 6. The number of carbonyl (C=O) groups excluding carboxylic acids is 1. The fraction of sp³-hybridized carbons (Fsp3) is 0. The van der Waals surface area contributed by atoms with E-state index in [9.17, 15) is 10.1 Å². The monoisotopic (exact) mass is 338 g/mol. The lowest BCUT2D eigenvalue weighted by atomic mass is 10.1. The molecule has 0 spiro atoms. The van der Waals surface area contributed by atoms with Crippen LogP contribution in [0.5, 0.6) is 0 Å². The van der Waals surface area contributed by atoms with E-state index in [1.54, 1.807) is 60.7 Å². The van der Waals surface area contributed by atoms with E-state index < -0.39 is 0 Å². The van der Waals surface area contributed by atoms with Gasteiger partial charge in [-0.1, -0.05) is 24.3 Å². The minimum absolute atomic E-state index is 0.217. The molecule has 0 amide bonds. The lowest BCUT2D eigenvalue weighted by molar-refractivity contribution is 0.0965. The van der Waals surface area contributed by atoms with Crippen molar-refractivity contribution in [2.45, 2.75) is 0 Å². The van der Waals surface area contributed by atoms with E-state index in [-0.39, 0.29) is 22.7 Å². The van der Waals surface area contributed by atoms with Gasteiger partial charge in [0, 0.05) is 0 Å². The number of benzene rings is 2. The van der Waals surface area contributed by atoms with Gasteiger partial charge < -0.3 is 5.32 Å². The SMILES string of the molecule is N#CC(C#N)=C(C#N)Nc1ccccc1C(=O)n1cnc2ccccc21. The largest absolute Gasteiger partial charge is 0.344 e. The summed E-state index contributed by atoms with van der Waals surface area (Å²) in [6, 6.07) is 18.8. The Morgan fingerprint density at radius 2 is 1.65 bits per heavy atom. The van der Waals surface area contributed by atoms with E-state index in [4.69, 9.17) is 10.5 Å². The summed E-state index contributed by atoms with van der Waals surface area (Å²) in [5.74, 6) is -0.352. The molecule has 0 saturated carbocycles. The van der Waals surface area contributed by atoms with E-state index in [1.807, 2.05) is 6.07 Å². The fourth-order valence-corrected chi connectivity index (χ4v) is 2.45. The third-order valence-corrected chi connectivity index (χ3v) is 3.67. The van der Waals surface area contributed by atoms with Crippen LogP contribution < -0.4 is 5.32 Å². The number of allylic oxidation sites excluding steroid dienone is 2. The predicted octanol–water partition coefficient (Wildman–Crippen LogP) is 2.96. The number of nitrogens with zero attached hydrogens (tertiary/aromatic N) is 5. The zero-order valence-electron chi connectivity index (χ0n) is 13.3. The van der Waals surface area contributed by atoms with Crippen LogP contribution in [0.25, 0.3) is 11.0 Å². The molecule has 0 aliphatic heterocycles. The zero-order chi connectivity index (χ0) is 18.5. The Hall–Kier alpha value is -4.41. The van der Waals surface area contributed by atoms with E-state index in [0.717, 1.165) is 0 Å². The minimum atomic E-state index is -0.358. The van der Waals surface area contributed by atoms with Gasteiger partial charge in [0.2, 0.25) is 0 Å². The van der Waals surface area contributed by atoms with Gasteiger partial charge in [-0.15, -0.1) is 0 Å². The highest BCUT2D eigenvalue weighted by molar-refractivity contribution is 6.05. The molecule has 0 fully saturated rings. The summed E-state index contributed by atoms with van der Waals surface area (Å²) in [6.07, 6.45) is 1.43. The van der Waals surface area contributed by atoms with E-state index >= 15 is 0 Å². The van der Waals surface area contributed by atoms with Crippen molar-refractivity contribution in [3.05, 3.63) is 71.7 Å². The van der Waals surface area contributed by atoms with Gasteiger partial charge in [-0.25, -0.2) is 4.98 Å². The van der Waals surface area contributed by atoms with Crippen LogP contribution in [0.3, 0.4) is 0 Å². The van der Waals surface area contributed by atoms with E-state index in [0.29, 0.717) is 16.7 Å². The molecule has 1 heterocycles. The average molecular weight is 338 g/mol. The Morgan fingerprint density at radius 3 is 2.38 bits per heavy atom. The van der Waals surface area contributed by atoms with Gasteiger partial charge in [0.1, 0.15) is 30.2 Å². The van der Waals surface area contributed by atoms with Gasteiger partial charge in [0.25, 0.3) is 5.91 Å². The molecule has 3 rings (SSSR count). The zero-order valence-corrected chi connectivity index (χ0v) is 13.3. The summed E-state index contributed by atoms with van der Waals surface area (Å²) in [7, 11) is 0. The molecule has 0 aliphatic carbocycles. The molecule has 0 saturated heterocycles. The summed E-state index contributed by atoms with van der Waals surface area (Å²) >= 11 is 0. The van der Waals surface area contributed by atoms with Crippen LogP contribution in [0.4, 0.5) is 5.69 Å². The summed E-state index contributed by atoms with van der Waals surface area (Å²) in [4.78, 5) is 17.2. The number of fused-ring (bicyclic) bond motifs is 1. The van der Waals surface area contributed by atoms with Crippen molar-refractivity contribution in [3.8, 4) is 18.2 Å². The van der Waals surface area contributed by atoms with Crippen LogP contribution in [-0.2, 0) is 0 Å². The van der Waals surface area contributed by atoms with Crippen LogP contribution in [-0.4, -0.2) is 15.5 Å². The number of nitrogens with one attached hydrogen (secondary N) is 1. The number of carbonyl (C=O) groups is 1. The van der Waals surface area contributed by atoms with Crippen molar-refractivity contribution < 1.29 is 4.79 Å². The fourth-order valence-electron chi connectivity index (χ4n) is 2.45. The first-order valence-corrected chi connectivity index (χ1v) is 7.47. The molecule has 122 valence electrons. The molecule has 1 N–H and O–H groups in total. The summed E-state index contributed by atoms with van der Waals surface area (Å²) in [5.41, 5.74) is 1.35. The molecule has 0 radical (unpaired) electrons. The van der Waals surface area contributed by atoms with Crippen molar-refractivity contribution in [2.24, 2.45) is 0 Å². The maximum atomic E-state index is 13.0. The summed E-state index contributed by atoms with van der Waals surface area (Å²) in [5, 5.41) is 29.8. The van der Waals surface area contributed by atoms with Crippen LogP contribution in [0.2, 0.25) is 0 Å². The number of imidazole rings is 1. The second-order valence-electron chi connectivity index (χ2n) is 5.16. The van der Waals surface area contributed by atoms with Crippen LogP contribution in [0, 0.1) is 34.0 Å². The summed E-state index contributed by atoms with van der Waals surface area (Å²) < 4.78 is 1.40. The van der Waals surface area contributed by atoms with E-state index in [1.165, 1.54) is 10.9 Å². The third-order valence-electron chi connectivity index (χ3n) is 3.67. The molecule has 0 atom stereocenters. The molecular formula is C19H10N6O. The van der Waals surface area contributed by atoms with Crippen LogP contribution in [0.1, 0.15) is 10.4 Å². The third kappa shape index (κ3) is 2.87. The number of nitriles is 3. The number of hydrogen-bond donors (Lipinski definition) is 1. The van der Waals surface area contributed by atoms with Crippen molar-refractivity contribution in [2.75, 3.05) is 5.32 Å². The average Bonchev–Trinajstić information content (AvgIpc) is 3.12. The highest BCUT2D eigenvalue weighted by Gasteiger charge is 2.17. The van der Waals surface area contributed by atoms with Crippen molar-refractivity contribution in [1.29, 1.82) is 15.8 Å². The molecule has 0 aliphatic rings. The number of para-hydroxylation sites is 3. The molecule has 0 bridgehead atoms. The topological polar surface area (TPSA) is 118 Å². The van der Waals surface area contributed by atoms with Gasteiger partial charge in [0.15, 0.2) is 5.57 Å². The van der Waals surface area contributed by atoms with Gasteiger partial charge in [0.05, 0.1) is 22.3 Å². The number of rotatable bonds is 3. The lowest BCUT2D eigenvalue weighted by Crippen LogP contribution is -2.14. The van der Waals surface area contributed by atoms with Gasteiger partial charge in [-0.3, -0.25) is 9.36 Å². The predicted molar refractivity (Wildman–Crippen MR) is 93.4 cm³/mol. The summed E-state index contributed by atoms with van der Waals surface area (Å²) in [6.45, 7) is 0. The first kappa shape index (κ1) is 16.4. The number of aromatic nitrogens is 2. The first-order chi connectivity index (χ1) is 12.7. The van der Waals surface area contributed by atoms with Gasteiger partial charge >= 0.3 is 0 Å². The Morgan fingerprint density at radius 1 is 0.962 bits per heavy atom. The van der Waals surface area contributed by atoms with Gasteiger partial charge in [-0.05, 0) is 24.3 Å². The molecule has 26 heavy (non-hydrogen) atoms. The minimum Gasteiger partial charge on any atom is -0.344 e. The van der Waals surface area contributed by atoms with Crippen molar-refractivity contribution >= 4 is 22.6 Å². The highest BCUT2D eigenvalue weighted by Crippen LogP contribution is 2.21. The standard InChI is InChI=1S/C19H10N6O/c20-9-13(10-21)17(11-22)24-15-6-2-1-5-14(15)19(26)25-12-23-16-7-3-4-8-18(16)25/h1-8,12,24H. The van der Waals surface area contributed by atoms with Crippen LogP contribution >= 0.6 is 0 Å². The molecule has 0 unspecified atom stereocenters. The van der Waals surface area contributed by atoms with Gasteiger partial charge in [-0.2, -0.15) is 15.8 Å². The Balaban J connectivity index is 2.07. The molecule has 2 aromatic carbocycles. The second kappa shape index (κ2) is 7.00. The molecular weight excluding hydrogens is 328 g/mol. The van der Waals surface area contributed by atoms with Crippen molar-refractivity contribution in [3.63, 3.8) is 0 Å². The Labute approximate surface area is 148 Å². The quantitative estimate of drug-likeness (QED) is 0.733. The first-order valence-electron chi connectivity index (χ1n) is 7.47. The second-order valence-corrected chi connectivity index (χ2v) is 5.16. The molecule has 7 heteroatoms. The maximum absolute atomic E-state index is 13.0. The highest BCUT2D eigenvalue weighted by atomic mass is 16.2.